The molecule has 18 aromatic carbocycles. The number of hydrogen-bond donors (Lipinski definition) is 0. The van der Waals surface area contributed by atoms with Crippen molar-refractivity contribution in [2.24, 2.45) is 0 Å². The first kappa shape index (κ1) is 81.2. The Morgan fingerprint density at radius 1 is 0.228 bits per heavy atom. The van der Waals surface area contributed by atoms with Gasteiger partial charge in [0, 0.05) is 128 Å². The zero-order chi connectivity index (χ0) is 90.9. The largest absolute Gasteiger partial charge is 0.494 e. The Kier molecular flexibility index (Phi) is 19.6. The van der Waals surface area contributed by atoms with Gasteiger partial charge in [0.1, 0.15) is 0 Å². The maximum Gasteiger partial charge on any atom is 0.494 e. The fraction of sp³-hybridized carbons (Fsp3) is 0.0492. The lowest BCUT2D eigenvalue weighted by Gasteiger charge is -2.32. The summed E-state index contributed by atoms with van der Waals surface area (Å²) in [5.41, 5.74) is 30.0. The fourth-order valence-corrected chi connectivity index (χ4v) is 20.7. The van der Waals surface area contributed by atoms with Crippen LogP contribution in [-0.4, -0.2) is 65.7 Å². The topological polar surface area (TPSA) is 99.6 Å². The van der Waals surface area contributed by atoms with Crippen molar-refractivity contribution in [2.45, 2.75) is 38.9 Å². The van der Waals surface area contributed by atoms with Gasteiger partial charge in [0.15, 0.2) is 5.82 Å². The second-order valence-corrected chi connectivity index (χ2v) is 36.4. The molecule has 0 radical (unpaired) electrons. The molecule has 14 heteroatoms. The predicted octanol–water partition coefficient (Wildman–Crippen LogP) is 30.5. The number of para-hydroxylation sites is 8. The van der Waals surface area contributed by atoms with Crippen LogP contribution in [0.1, 0.15) is 27.7 Å². The fourth-order valence-electron chi connectivity index (χ4n) is 20.5. The normalized spacial score (nSPS) is 13.1. The van der Waals surface area contributed by atoms with E-state index in [1.807, 2.05) is 30.3 Å². The smallest absolute Gasteiger partial charge is 0.399 e. The van der Waals surface area contributed by atoms with Gasteiger partial charge in [-0.3, -0.25) is 0 Å². The van der Waals surface area contributed by atoms with Gasteiger partial charge in [0.25, 0.3) is 0 Å². The molecule has 0 amide bonds. The standard InChI is InChI=1S/C58H37N5.C38H33BN2O2.C26H16ClN3/c1-4-15-38(16-5-1)39-17-14-22-44(35-39)63-54-30-28-41(37-49(54)56-47-33-34-61(42-18-6-2-7-19-42)51(47)31-32-55(56)63)58-59-50-25-12-10-24-46(50)57(60-58)40-27-29-53-48(36-40)45-23-11-13-26-52(45)62(53)43-20-8-3-9-21-43;1-37(2)38(3,4)43-39(42-37)28-18-19-34-32(25-28)36-31-22-23-40(29-15-9-6-10-16-29)33(31)20-21-35(36)41(34)30-17-11-14-27(24-30)26-12-7-5-8-13-26;27-26-28-22-12-6-4-11-20(22)25(29-26)17-14-15-24-21(16-17)19-10-5-7-13-23(19)30(24)18-8-2-1-3-9-18/h1-37H;5-25H,1-4H3;1-16H. The number of halogens is 1. The van der Waals surface area contributed by atoms with Gasteiger partial charge in [-0.25, -0.2) is 19.9 Å². The zero-order valence-electron chi connectivity index (χ0n) is 75.0. The molecule has 12 nitrogen and oxygen atoms in total. The van der Waals surface area contributed by atoms with Crippen LogP contribution in [0.3, 0.4) is 0 Å². The van der Waals surface area contributed by atoms with E-state index >= 15 is 0 Å². The summed E-state index contributed by atoms with van der Waals surface area (Å²) in [6.07, 6.45) is 4.37. The Balaban J connectivity index is 0.000000117. The molecular weight excluding hydrogens is 1680 g/mol. The summed E-state index contributed by atoms with van der Waals surface area (Å²) in [5, 5.41) is 14.2. The second-order valence-electron chi connectivity index (χ2n) is 36.0. The molecule has 0 atom stereocenters. The summed E-state index contributed by atoms with van der Waals surface area (Å²) in [7, 11) is -0.428. The van der Waals surface area contributed by atoms with Crippen molar-refractivity contribution in [3.63, 3.8) is 0 Å². The number of rotatable bonds is 12. The number of benzene rings is 18. The van der Waals surface area contributed by atoms with E-state index < -0.39 is 18.3 Å². The van der Waals surface area contributed by atoms with E-state index in [4.69, 9.17) is 30.9 Å². The molecule has 27 rings (SSSR count). The maximum atomic E-state index is 6.48. The van der Waals surface area contributed by atoms with Gasteiger partial charge in [0.05, 0.1) is 88.8 Å². The van der Waals surface area contributed by atoms with Gasteiger partial charge in [-0.2, -0.15) is 0 Å². The molecule has 646 valence electrons. The summed E-state index contributed by atoms with van der Waals surface area (Å²) < 4.78 is 27.0. The molecular formula is C122H86BClN10O2. The highest BCUT2D eigenvalue weighted by Crippen LogP contribution is 2.46. The van der Waals surface area contributed by atoms with Crippen LogP contribution in [-0.2, 0) is 9.31 Å². The second kappa shape index (κ2) is 32.9. The van der Waals surface area contributed by atoms with Crippen molar-refractivity contribution in [1.82, 2.24) is 47.3 Å². The molecule has 136 heavy (non-hydrogen) atoms. The van der Waals surface area contributed by atoms with Crippen molar-refractivity contribution >= 4 is 155 Å². The maximum absolute atomic E-state index is 6.48. The van der Waals surface area contributed by atoms with Crippen LogP contribution in [0.4, 0.5) is 0 Å². The molecule has 9 heterocycles. The van der Waals surface area contributed by atoms with Gasteiger partial charge in [-0.1, -0.05) is 255 Å². The Morgan fingerprint density at radius 2 is 0.566 bits per heavy atom. The molecule has 0 unspecified atom stereocenters. The van der Waals surface area contributed by atoms with Gasteiger partial charge >= 0.3 is 7.12 Å². The lowest BCUT2D eigenvalue weighted by molar-refractivity contribution is 0.00578. The number of hydrogen-bond acceptors (Lipinski definition) is 6. The molecule has 8 aromatic heterocycles. The van der Waals surface area contributed by atoms with Crippen molar-refractivity contribution in [1.29, 1.82) is 0 Å². The van der Waals surface area contributed by atoms with Crippen molar-refractivity contribution in [3.8, 4) is 90.3 Å². The van der Waals surface area contributed by atoms with E-state index in [0.717, 1.165) is 128 Å². The minimum Gasteiger partial charge on any atom is -0.399 e. The van der Waals surface area contributed by atoms with E-state index in [2.05, 4.69) is 484 Å². The number of aromatic nitrogens is 10. The minimum absolute atomic E-state index is 0.260. The summed E-state index contributed by atoms with van der Waals surface area (Å²) in [4.78, 5) is 19.7. The van der Waals surface area contributed by atoms with Crippen molar-refractivity contribution in [2.75, 3.05) is 0 Å². The molecule has 0 N–H and O–H groups in total. The average Bonchev–Trinajstić information content (AvgIpc) is 1.55. The predicted molar refractivity (Wildman–Crippen MR) is 564 cm³/mol. The summed E-state index contributed by atoms with van der Waals surface area (Å²) in [5.74, 6) is 0.693. The van der Waals surface area contributed by atoms with E-state index in [9.17, 15) is 0 Å². The summed E-state index contributed by atoms with van der Waals surface area (Å²) in [6, 6.07) is 155. The lowest BCUT2D eigenvalue weighted by Crippen LogP contribution is -2.41. The molecule has 1 aliphatic rings. The quantitative estimate of drug-likeness (QED) is 0.0892. The average molecular weight is 1770 g/mol. The molecule has 0 saturated carbocycles. The van der Waals surface area contributed by atoms with Gasteiger partial charge < -0.3 is 36.7 Å². The van der Waals surface area contributed by atoms with Gasteiger partial charge in [-0.15, -0.1) is 0 Å². The monoisotopic (exact) mass is 1770 g/mol. The molecule has 26 aromatic rings. The first-order valence-corrected chi connectivity index (χ1v) is 46.6. The molecule has 0 bridgehead atoms. The van der Waals surface area contributed by atoms with E-state index in [-0.39, 0.29) is 5.28 Å². The third-order valence-corrected chi connectivity index (χ3v) is 27.8. The third kappa shape index (κ3) is 13.8. The molecule has 1 fully saturated rings. The summed E-state index contributed by atoms with van der Waals surface area (Å²) >= 11 is 6.24. The van der Waals surface area contributed by atoms with E-state index in [1.165, 1.54) is 92.8 Å². The number of fused-ring (bicyclic) bond motifs is 18. The highest BCUT2D eigenvalue weighted by Gasteiger charge is 2.52. The van der Waals surface area contributed by atoms with Crippen molar-refractivity contribution in [3.05, 3.63) is 454 Å². The molecule has 0 aliphatic carbocycles. The van der Waals surface area contributed by atoms with Crippen molar-refractivity contribution < 1.29 is 9.31 Å². The van der Waals surface area contributed by atoms with Crippen LogP contribution in [0.15, 0.2) is 449 Å². The van der Waals surface area contributed by atoms with Crippen LogP contribution < -0.4 is 5.46 Å². The number of nitrogens with zero attached hydrogens (tertiary/aromatic N) is 10. The van der Waals surface area contributed by atoms with Crippen LogP contribution in [0.2, 0.25) is 5.28 Å². The van der Waals surface area contributed by atoms with Crippen LogP contribution in [0.5, 0.6) is 0 Å². The summed E-state index contributed by atoms with van der Waals surface area (Å²) in [6.45, 7) is 8.42. The molecule has 1 saturated heterocycles. The van der Waals surface area contributed by atoms with Crippen LogP contribution >= 0.6 is 11.6 Å². The lowest BCUT2D eigenvalue weighted by atomic mass is 9.78. The first-order valence-electron chi connectivity index (χ1n) is 46.2. The van der Waals surface area contributed by atoms with Gasteiger partial charge in [0.2, 0.25) is 5.28 Å². The Bertz CT molecular complexity index is 9190. The SMILES string of the molecule is CC1(C)OB(c2ccc3c(c2)c2c4ccn(-c5ccccc5)c4ccc2n3-c2cccc(-c3ccccc3)c2)OC1(C)C.Clc1nc(-c2ccc3c(c2)c2ccccc2n3-c2ccccc2)c2ccccc2n1.c1ccc(-c2cccc(-n3c4ccc(-c5nc(-c6ccc7c(c6)c6ccccc6n7-c6ccccc6)c6ccccc6n5)cc4c4c5ccn(-c6ccccc6)c5ccc43)c2)cc1. The highest BCUT2D eigenvalue weighted by atomic mass is 35.5. The minimum atomic E-state index is -0.428. The van der Waals surface area contributed by atoms with Crippen LogP contribution in [0.25, 0.3) is 221 Å². The third-order valence-electron chi connectivity index (χ3n) is 27.6. The first-order chi connectivity index (χ1) is 66.8. The Morgan fingerprint density at radius 3 is 1.04 bits per heavy atom. The Hall–Kier alpha value is -16.8. The zero-order valence-corrected chi connectivity index (χ0v) is 75.7. The van der Waals surface area contributed by atoms with E-state index in [0.29, 0.717) is 5.82 Å². The van der Waals surface area contributed by atoms with E-state index in [1.54, 1.807) is 0 Å². The highest BCUT2D eigenvalue weighted by molar-refractivity contribution is 6.62. The molecule has 1 aliphatic heterocycles. The Labute approximate surface area is 789 Å². The van der Waals surface area contributed by atoms with Gasteiger partial charge in [-0.05, 0) is 249 Å². The molecule has 0 spiro atoms. The van der Waals surface area contributed by atoms with Crippen LogP contribution in [0, 0.1) is 0 Å².